The first kappa shape index (κ1) is 12.9. The summed E-state index contributed by atoms with van der Waals surface area (Å²) in [4.78, 5) is 10.1. The van der Waals surface area contributed by atoms with Crippen LogP contribution in [-0.4, -0.2) is 22.9 Å². The lowest BCUT2D eigenvalue weighted by Gasteiger charge is -2.21. The fourth-order valence-corrected chi connectivity index (χ4v) is 0.737. The van der Waals surface area contributed by atoms with E-state index < -0.39 is 24.2 Å². The number of hydrogen-bond acceptors (Lipinski definition) is 1. The molecule has 0 aromatic heterocycles. The monoisotopic (exact) mass is 214 g/mol. The smallest absolute Gasteiger partial charge is 0.433 e. The quantitative estimate of drug-likeness (QED) is 0.577. The van der Waals surface area contributed by atoms with Gasteiger partial charge in [-0.25, -0.2) is 9.18 Å². The molecule has 1 atom stereocenters. The van der Waals surface area contributed by atoms with Crippen molar-refractivity contribution in [2.24, 2.45) is 0 Å². The zero-order valence-electron chi connectivity index (χ0n) is 7.44. The zero-order chi connectivity index (χ0) is 11.4. The lowest BCUT2D eigenvalue weighted by atomic mass is 10.0. The molecule has 1 unspecified atom stereocenters. The summed E-state index contributed by atoms with van der Waals surface area (Å²) in [5, 5.41) is 8.14. The summed E-state index contributed by atoms with van der Waals surface area (Å²) >= 11 is 0. The molecule has 82 valence electrons. The molecule has 0 radical (unpaired) electrons. The molecule has 0 bridgehead atoms. The average molecular weight is 214 g/mol. The lowest BCUT2D eigenvalue weighted by Crippen LogP contribution is -2.47. The molecule has 6 heteroatoms. The molecule has 0 aliphatic carbocycles. The minimum Gasteiger partial charge on any atom is -0.479 e. The maximum Gasteiger partial charge on any atom is 0.433 e. The summed E-state index contributed by atoms with van der Waals surface area (Å²) in [7, 11) is 0. The van der Waals surface area contributed by atoms with Crippen molar-refractivity contribution in [1.29, 1.82) is 0 Å². The highest BCUT2D eigenvalue weighted by molar-refractivity contribution is 5.78. The predicted octanol–water partition coefficient (Wildman–Crippen LogP) is 2.70. The lowest BCUT2D eigenvalue weighted by molar-refractivity contribution is -0.235. The summed E-state index contributed by atoms with van der Waals surface area (Å²) < 4.78 is 48.9. The topological polar surface area (TPSA) is 37.3 Å². The zero-order valence-corrected chi connectivity index (χ0v) is 7.44. The molecule has 0 saturated heterocycles. The fraction of sp³-hybridized carbons (Fsp3) is 0.625. The number of carbonyl (C=O) groups is 1. The average Bonchev–Trinajstić information content (AvgIpc) is 2.02. The van der Waals surface area contributed by atoms with Crippen molar-refractivity contribution in [2.75, 3.05) is 0 Å². The van der Waals surface area contributed by atoms with Gasteiger partial charge in [-0.05, 0) is 6.42 Å². The van der Waals surface area contributed by atoms with Gasteiger partial charge in [-0.2, -0.15) is 13.2 Å². The van der Waals surface area contributed by atoms with Crippen LogP contribution in [0.4, 0.5) is 17.6 Å². The molecule has 0 rings (SSSR count). The second-order valence-corrected chi connectivity index (χ2v) is 2.69. The van der Waals surface area contributed by atoms with Gasteiger partial charge in [-0.1, -0.05) is 19.1 Å². The highest BCUT2D eigenvalue weighted by Gasteiger charge is 2.61. The van der Waals surface area contributed by atoms with Crippen LogP contribution in [0.25, 0.3) is 0 Å². The van der Waals surface area contributed by atoms with E-state index in [1.807, 2.05) is 0 Å². The normalized spacial score (nSPS) is 16.9. The number of rotatable bonds is 4. The van der Waals surface area contributed by atoms with Crippen molar-refractivity contribution in [3.63, 3.8) is 0 Å². The molecule has 0 spiro atoms. The molecule has 0 saturated carbocycles. The van der Waals surface area contributed by atoms with Gasteiger partial charge in [0.2, 0.25) is 0 Å². The molecule has 0 aromatic rings. The van der Waals surface area contributed by atoms with E-state index in [9.17, 15) is 22.4 Å². The molecule has 0 amide bonds. The Morgan fingerprint density at radius 3 is 2.07 bits per heavy atom. The third-order valence-corrected chi connectivity index (χ3v) is 1.59. The van der Waals surface area contributed by atoms with Gasteiger partial charge in [0.15, 0.2) is 0 Å². The molecule has 0 aliphatic heterocycles. The van der Waals surface area contributed by atoms with E-state index in [1.165, 1.54) is 6.08 Å². The maximum absolute atomic E-state index is 13.0. The fourth-order valence-electron chi connectivity index (χ4n) is 0.737. The van der Waals surface area contributed by atoms with Gasteiger partial charge in [0.25, 0.3) is 0 Å². The molecular formula is C8H10F4O2. The van der Waals surface area contributed by atoms with Gasteiger partial charge < -0.3 is 5.11 Å². The van der Waals surface area contributed by atoms with Gasteiger partial charge in [0, 0.05) is 6.42 Å². The number of carboxylic acids is 1. The molecule has 14 heavy (non-hydrogen) atoms. The highest BCUT2D eigenvalue weighted by atomic mass is 19.4. The van der Waals surface area contributed by atoms with Crippen molar-refractivity contribution < 1.29 is 27.5 Å². The van der Waals surface area contributed by atoms with Crippen molar-refractivity contribution >= 4 is 5.97 Å². The standard InChI is InChI=1S/C8H10F4O2/c1-2-3-4-5-7(9,6(13)14)8(10,11)12/h3-4H,2,5H2,1H3,(H,13,14). The Hall–Kier alpha value is -1.07. The number of hydrogen-bond donors (Lipinski definition) is 1. The third-order valence-electron chi connectivity index (χ3n) is 1.59. The van der Waals surface area contributed by atoms with Gasteiger partial charge in [-0.3, -0.25) is 0 Å². The van der Waals surface area contributed by atoms with Crippen molar-refractivity contribution in [3.8, 4) is 0 Å². The largest absolute Gasteiger partial charge is 0.479 e. The summed E-state index contributed by atoms with van der Waals surface area (Å²) in [6.45, 7) is 1.64. The van der Waals surface area contributed by atoms with Crippen LogP contribution in [0.3, 0.4) is 0 Å². The molecule has 0 fully saturated rings. The maximum atomic E-state index is 13.0. The van der Waals surface area contributed by atoms with Crippen LogP contribution < -0.4 is 0 Å². The molecule has 0 aromatic carbocycles. The Morgan fingerprint density at radius 1 is 1.29 bits per heavy atom. The van der Waals surface area contributed by atoms with Gasteiger partial charge >= 0.3 is 17.8 Å². The SMILES string of the molecule is CCC=CCC(F)(C(=O)O)C(F)(F)F. The summed E-state index contributed by atoms with van der Waals surface area (Å²) in [6.07, 6.45) is -4.01. The van der Waals surface area contributed by atoms with Crippen LogP contribution in [0.15, 0.2) is 12.2 Å². The Bertz CT molecular complexity index is 234. The molecule has 0 heterocycles. The summed E-state index contributed by atoms with van der Waals surface area (Å²) in [5.74, 6) is -2.51. The Balaban J connectivity index is 4.75. The van der Waals surface area contributed by atoms with Crippen LogP contribution in [0.5, 0.6) is 0 Å². The van der Waals surface area contributed by atoms with Crippen molar-refractivity contribution in [1.82, 2.24) is 0 Å². The second-order valence-electron chi connectivity index (χ2n) is 2.69. The minimum atomic E-state index is -5.39. The Kier molecular flexibility index (Phi) is 4.09. The van der Waals surface area contributed by atoms with Crippen LogP contribution in [0.1, 0.15) is 19.8 Å². The minimum absolute atomic E-state index is 0.424. The van der Waals surface area contributed by atoms with E-state index in [-0.39, 0.29) is 0 Å². The van der Waals surface area contributed by atoms with E-state index in [0.29, 0.717) is 6.42 Å². The first-order chi connectivity index (χ1) is 6.25. The molecular weight excluding hydrogens is 204 g/mol. The molecule has 1 N–H and O–H groups in total. The van der Waals surface area contributed by atoms with Crippen LogP contribution in [0, 0.1) is 0 Å². The van der Waals surface area contributed by atoms with E-state index in [0.717, 1.165) is 6.08 Å². The van der Waals surface area contributed by atoms with Crippen LogP contribution >= 0.6 is 0 Å². The first-order valence-electron chi connectivity index (χ1n) is 3.89. The first-order valence-corrected chi connectivity index (χ1v) is 3.89. The molecule has 2 nitrogen and oxygen atoms in total. The molecule has 0 aliphatic rings. The van der Waals surface area contributed by atoms with Gasteiger partial charge in [0.1, 0.15) is 0 Å². The number of carboxylic acid groups (broad SMARTS) is 1. The van der Waals surface area contributed by atoms with Gasteiger partial charge in [-0.15, -0.1) is 0 Å². The van der Waals surface area contributed by atoms with Gasteiger partial charge in [0.05, 0.1) is 0 Å². The van der Waals surface area contributed by atoms with E-state index in [2.05, 4.69) is 0 Å². The second kappa shape index (κ2) is 4.43. The third kappa shape index (κ3) is 2.71. The number of aliphatic carboxylic acids is 1. The Labute approximate surface area is 78.2 Å². The number of halogens is 4. The Morgan fingerprint density at radius 2 is 1.79 bits per heavy atom. The predicted molar refractivity (Wildman–Crippen MR) is 41.6 cm³/mol. The van der Waals surface area contributed by atoms with E-state index in [4.69, 9.17) is 5.11 Å². The van der Waals surface area contributed by atoms with E-state index >= 15 is 0 Å². The van der Waals surface area contributed by atoms with Crippen LogP contribution in [-0.2, 0) is 4.79 Å². The summed E-state index contributed by atoms with van der Waals surface area (Å²) in [5.41, 5.74) is -4.18. The number of allylic oxidation sites excluding steroid dienone is 2. The highest BCUT2D eigenvalue weighted by Crippen LogP contribution is 2.37. The van der Waals surface area contributed by atoms with Crippen molar-refractivity contribution in [3.05, 3.63) is 12.2 Å². The van der Waals surface area contributed by atoms with E-state index in [1.54, 1.807) is 6.92 Å². The summed E-state index contributed by atoms with van der Waals surface area (Å²) in [6, 6.07) is 0. The number of alkyl halides is 4. The van der Waals surface area contributed by atoms with Crippen molar-refractivity contribution in [2.45, 2.75) is 31.6 Å². The van der Waals surface area contributed by atoms with Crippen LogP contribution in [0.2, 0.25) is 0 Å².